The first-order valence-corrected chi connectivity index (χ1v) is 6.68. The van der Waals surface area contributed by atoms with E-state index in [0.717, 1.165) is 15.7 Å². The fourth-order valence-electron chi connectivity index (χ4n) is 1.43. The molecule has 6 heteroatoms. The Morgan fingerprint density at radius 3 is 2.28 bits per heavy atom. The predicted molar refractivity (Wildman–Crippen MR) is 74.6 cm³/mol. The zero-order valence-electron chi connectivity index (χ0n) is 10.3. The Hall–Kier alpha value is -1.07. The molecule has 2 heterocycles. The molecule has 0 aromatic carbocycles. The van der Waals surface area contributed by atoms with Crippen LogP contribution in [0.15, 0.2) is 16.9 Å². The van der Waals surface area contributed by atoms with E-state index in [-0.39, 0.29) is 5.92 Å². The number of aromatic nitrogens is 4. The van der Waals surface area contributed by atoms with Gasteiger partial charge in [0.2, 0.25) is 0 Å². The van der Waals surface area contributed by atoms with Crippen LogP contribution in [-0.2, 0) is 0 Å². The average molecular weight is 328 g/mol. The molecule has 0 aliphatic carbocycles. The van der Waals surface area contributed by atoms with Gasteiger partial charge in [-0.3, -0.25) is 0 Å². The largest absolute Gasteiger partial charge is 0.234 e. The highest BCUT2D eigenvalue weighted by Gasteiger charge is 2.15. The standard InChI is InChI=1S/C12H12BrClN4/c1-6(2)9-8(13)10(14)18-12(17-9)11-15-4-7(3)5-16-11/h4-6H,1-3H3. The second-order valence-electron chi connectivity index (χ2n) is 4.28. The van der Waals surface area contributed by atoms with Crippen molar-refractivity contribution in [3.63, 3.8) is 0 Å². The molecule has 0 aliphatic heterocycles. The summed E-state index contributed by atoms with van der Waals surface area (Å²) in [6.07, 6.45) is 3.47. The van der Waals surface area contributed by atoms with Crippen LogP contribution in [0.1, 0.15) is 31.0 Å². The zero-order valence-corrected chi connectivity index (χ0v) is 12.6. The second kappa shape index (κ2) is 5.28. The Bertz CT molecular complexity index is 569. The Balaban J connectivity index is 2.55. The lowest BCUT2D eigenvalue weighted by molar-refractivity contribution is 0.806. The molecule has 94 valence electrons. The molecule has 0 fully saturated rings. The van der Waals surface area contributed by atoms with E-state index in [1.54, 1.807) is 12.4 Å². The maximum absolute atomic E-state index is 6.09. The van der Waals surface area contributed by atoms with E-state index in [2.05, 4.69) is 35.9 Å². The van der Waals surface area contributed by atoms with Gasteiger partial charge in [0.1, 0.15) is 5.15 Å². The fraction of sp³-hybridized carbons (Fsp3) is 0.333. The molecule has 0 N–H and O–H groups in total. The van der Waals surface area contributed by atoms with Gasteiger partial charge >= 0.3 is 0 Å². The third kappa shape index (κ3) is 2.67. The van der Waals surface area contributed by atoms with Crippen molar-refractivity contribution < 1.29 is 0 Å². The van der Waals surface area contributed by atoms with Gasteiger partial charge in [-0.2, -0.15) is 0 Å². The smallest absolute Gasteiger partial charge is 0.199 e. The van der Waals surface area contributed by atoms with Crippen LogP contribution in [0, 0.1) is 6.92 Å². The van der Waals surface area contributed by atoms with Gasteiger partial charge in [0.25, 0.3) is 0 Å². The van der Waals surface area contributed by atoms with Gasteiger partial charge in [0.15, 0.2) is 11.6 Å². The summed E-state index contributed by atoms with van der Waals surface area (Å²) in [5, 5.41) is 0.382. The summed E-state index contributed by atoms with van der Waals surface area (Å²) in [5.74, 6) is 1.17. The van der Waals surface area contributed by atoms with Crippen LogP contribution in [0.4, 0.5) is 0 Å². The normalized spacial score (nSPS) is 11.0. The van der Waals surface area contributed by atoms with E-state index < -0.39 is 0 Å². The van der Waals surface area contributed by atoms with Crippen molar-refractivity contribution in [2.24, 2.45) is 0 Å². The lowest BCUT2D eigenvalue weighted by Crippen LogP contribution is -2.02. The minimum absolute atomic E-state index is 0.240. The van der Waals surface area contributed by atoms with Crippen molar-refractivity contribution in [3.05, 3.63) is 33.3 Å². The summed E-state index contributed by atoms with van der Waals surface area (Å²) < 4.78 is 0.732. The molecule has 0 amide bonds. The van der Waals surface area contributed by atoms with Crippen LogP contribution in [0.5, 0.6) is 0 Å². The van der Waals surface area contributed by atoms with Gasteiger partial charge in [0, 0.05) is 12.4 Å². The van der Waals surface area contributed by atoms with Crippen LogP contribution in [0.3, 0.4) is 0 Å². The van der Waals surface area contributed by atoms with Crippen molar-refractivity contribution in [2.75, 3.05) is 0 Å². The SMILES string of the molecule is Cc1cnc(-c2nc(Cl)c(Br)c(C(C)C)n2)nc1. The highest BCUT2D eigenvalue weighted by molar-refractivity contribution is 9.10. The van der Waals surface area contributed by atoms with Crippen LogP contribution >= 0.6 is 27.5 Å². The van der Waals surface area contributed by atoms with E-state index in [1.165, 1.54) is 0 Å². The molecule has 4 nitrogen and oxygen atoms in total. The quantitative estimate of drug-likeness (QED) is 0.788. The molecule has 2 rings (SSSR count). The fourth-order valence-corrected chi connectivity index (χ4v) is 2.24. The average Bonchev–Trinajstić information content (AvgIpc) is 2.33. The van der Waals surface area contributed by atoms with Crippen LogP contribution in [0.2, 0.25) is 5.15 Å². The van der Waals surface area contributed by atoms with Crippen molar-refractivity contribution in [2.45, 2.75) is 26.7 Å². The third-order valence-corrected chi connectivity index (χ3v) is 3.65. The molecule has 2 aromatic rings. The topological polar surface area (TPSA) is 51.6 Å². The zero-order chi connectivity index (χ0) is 13.3. The molecule has 0 radical (unpaired) electrons. The van der Waals surface area contributed by atoms with Gasteiger partial charge in [-0.15, -0.1) is 0 Å². The molecule has 0 unspecified atom stereocenters. The lowest BCUT2D eigenvalue weighted by atomic mass is 10.1. The van der Waals surface area contributed by atoms with E-state index in [0.29, 0.717) is 16.8 Å². The highest BCUT2D eigenvalue weighted by atomic mass is 79.9. The first-order chi connectivity index (χ1) is 8.49. The van der Waals surface area contributed by atoms with E-state index in [4.69, 9.17) is 11.6 Å². The Morgan fingerprint density at radius 2 is 1.72 bits per heavy atom. The number of halogens is 2. The molecule has 2 aromatic heterocycles. The highest BCUT2D eigenvalue weighted by Crippen LogP contribution is 2.30. The number of hydrogen-bond donors (Lipinski definition) is 0. The minimum atomic E-state index is 0.240. The number of hydrogen-bond acceptors (Lipinski definition) is 4. The van der Waals surface area contributed by atoms with E-state index >= 15 is 0 Å². The summed E-state index contributed by atoms with van der Waals surface area (Å²) in [6, 6.07) is 0. The maximum Gasteiger partial charge on any atom is 0.199 e. The van der Waals surface area contributed by atoms with Gasteiger partial charge < -0.3 is 0 Å². The second-order valence-corrected chi connectivity index (χ2v) is 5.43. The van der Waals surface area contributed by atoms with Gasteiger partial charge in [-0.1, -0.05) is 25.4 Å². The minimum Gasteiger partial charge on any atom is -0.234 e. The first kappa shape index (κ1) is 13.4. The molecule has 0 spiro atoms. The number of rotatable bonds is 2. The molecular weight excluding hydrogens is 316 g/mol. The van der Waals surface area contributed by atoms with Crippen molar-refractivity contribution >= 4 is 27.5 Å². The molecule has 0 bridgehead atoms. The Kier molecular flexibility index (Phi) is 3.92. The predicted octanol–water partition coefficient (Wildman–Crippen LogP) is 3.78. The van der Waals surface area contributed by atoms with E-state index in [1.807, 2.05) is 20.8 Å². The number of aryl methyl sites for hydroxylation is 1. The van der Waals surface area contributed by atoms with E-state index in [9.17, 15) is 0 Å². The van der Waals surface area contributed by atoms with Crippen LogP contribution in [-0.4, -0.2) is 19.9 Å². The summed E-state index contributed by atoms with van der Waals surface area (Å²) in [5.41, 5.74) is 1.85. The summed E-state index contributed by atoms with van der Waals surface area (Å²) in [4.78, 5) is 17.1. The summed E-state index contributed by atoms with van der Waals surface area (Å²) in [6.45, 7) is 6.02. The van der Waals surface area contributed by atoms with Gasteiger partial charge in [-0.25, -0.2) is 19.9 Å². The van der Waals surface area contributed by atoms with Crippen LogP contribution in [0.25, 0.3) is 11.6 Å². The summed E-state index contributed by atoms with van der Waals surface area (Å²) in [7, 11) is 0. The lowest BCUT2D eigenvalue weighted by Gasteiger charge is -2.10. The van der Waals surface area contributed by atoms with Crippen LogP contribution < -0.4 is 0 Å². The van der Waals surface area contributed by atoms with Gasteiger partial charge in [-0.05, 0) is 34.3 Å². The molecule has 0 saturated heterocycles. The molecule has 0 saturated carbocycles. The molecule has 0 atom stereocenters. The molecule has 18 heavy (non-hydrogen) atoms. The maximum atomic E-state index is 6.09. The van der Waals surface area contributed by atoms with Crippen molar-refractivity contribution in [1.29, 1.82) is 0 Å². The molecular formula is C12H12BrClN4. The molecule has 0 aliphatic rings. The van der Waals surface area contributed by atoms with Crippen molar-refractivity contribution in [1.82, 2.24) is 19.9 Å². The Labute approximate surface area is 119 Å². The monoisotopic (exact) mass is 326 g/mol. The first-order valence-electron chi connectivity index (χ1n) is 5.51. The van der Waals surface area contributed by atoms with Gasteiger partial charge in [0.05, 0.1) is 10.2 Å². The third-order valence-electron chi connectivity index (χ3n) is 2.36. The Morgan fingerprint density at radius 1 is 1.11 bits per heavy atom. The summed E-state index contributed by atoms with van der Waals surface area (Å²) >= 11 is 9.49. The van der Waals surface area contributed by atoms with Crippen molar-refractivity contribution in [3.8, 4) is 11.6 Å². The number of nitrogens with zero attached hydrogens (tertiary/aromatic N) is 4.